The van der Waals surface area contributed by atoms with Crippen molar-refractivity contribution >= 4 is 23.4 Å². The van der Waals surface area contributed by atoms with Crippen molar-refractivity contribution in [1.82, 2.24) is 19.7 Å². The van der Waals surface area contributed by atoms with E-state index in [-0.39, 0.29) is 18.4 Å². The molecule has 3 aromatic heterocycles. The van der Waals surface area contributed by atoms with Crippen LogP contribution in [0.5, 0.6) is 0 Å². The normalized spacial score (nSPS) is 17.7. The van der Waals surface area contributed by atoms with Crippen molar-refractivity contribution in [2.45, 2.75) is 12.3 Å². The molecule has 0 saturated carbocycles. The number of rotatable bonds is 5. The molecule has 10 nitrogen and oxygen atoms in total. The number of fused-ring (bicyclic) bond motifs is 3. The number of hydrogen-bond donors (Lipinski definition) is 3. The Kier molecular flexibility index (Phi) is 4.52. The van der Waals surface area contributed by atoms with Gasteiger partial charge < -0.3 is 25.4 Å². The first-order valence-corrected chi connectivity index (χ1v) is 9.34. The number of aromatic nitrogens is 4. The maximum absolute atomic E-state index is 13.0. The molecule has 30 heavy (non-hydrogen) atoms. The minimum atomic E-state index is -1.09. The van der Waals surface area contributed by atoms with Gasteiger partial charge in [0.2, 0.25) is 5.91 Å². The van der Waals surface area contributed by atoms with Crippen LogP contribution in [-0.2, 0) is 9.53 Å². The van der Waals surface area contributed by atoms with Crippen molar-refractivity contribution in [1.29, 1.82) is 0 Å². The van der Waals surface area contributed by atoms with Gasteiger partial charge in [-0.25, -0.2) is 14.4 Å². The van der Waals surface area contributed by atoms with Gasteiger partial charge in [-0.2, -0.15) is 4.68 Å². The highest BCUT2D eigenvalue weighted by atomic mass is 19.1. The fourth-order valence-corrected chi connectivity index (χ4v) is 3.37. The Labute approximate surface area is 170 Å². The molecular weight excluding hydrogens is 393 g/mol. The molecule has 2 aliphatic heterocycles. The number of anilines is 3. The fraction of sp³-hybridized carbons (Fsp3) is 0.263. The molecule has 11 heteroatoms. The van der Waals surface area contributed by atoms with E-state index in [1.807, 2.05) is 0 Å². The van der Waals surface area contributed by atoms with Gasteiger partial charge in [0.1, 0.15) is 24.0 Å². The van der Waals surface area contributed by atoms with Crippen molar-refractivity contribution in [2.24, 2.45) is 0 Å². The van der Waals surface area contributed by atoms with Gasteiger partial charge in [0.25, 0.3) is 0 Å². The molecule has 0 radical (unpaired) electrons. The lowest BCUT2D eigenvalue weighted by atomic mass is 10.1. The first-order valence-electron chi connectivity index (χ1n) is 9.34. The summed E-state index contributed by atoms with van der Waals surface area (Å²) in [6, 6.07) is 7.93. The summed E-state index contributed by atoms with van der Waals surface area (Å²) < 4.78 is 19.8. The first-order chi connectivity index (χ1) is 14.6. The Morgan fingerprint density at radius 3 is 2.87 bits per heavy atom. The molecule has 0 bridgehead atoms. The predicted octanol–water partition coefficient (Wildman–Crippen LogP) is 1.06. The molecule has 0 aromatic carbocycles. The Hall–Kier alpha value is -3.57. The summed E-state index contributed by atoms with van der Waals surface area (Å²) in [5.74, 6) is 0.901. The average molecular weight is 411 g/mol. The number of pyridine rings is 2. The van der Waals surface area contributed by atoms with E-state index in [0.29, 0.717) is 36.2 Å². The number of carbonyl (C=O) groups is 1. The Bertz CT molecular complexity index is 1080. The van der Waals surface area contributed by atoms with Crippen LogP contribution in [0.1, 0.15) is 11.8 Å². The summed E-state index contributed by atoms with van der Waals surface area (Å²) in [6.45, 7) is 1.01. The van der Waals surface area contributed by atoms with Gasteiger partial charge in [0, 0.05) is 17.8 Å². The van der Waals surface area contributed by atoms with E-state index in [1.54, 1.807) is 29.1 Å². The van der Waals surface area contributed by atoms with E-state index in [4.69, 9.17) is 4.74 Å². The average Bonchev–Trinajstić information content (AvgIpc) is 3.14. The molecule has 0 aliphatic carbocycles. The highest BCUT2D eigenvalue weighted by molar-refractivity contribution is 5.93. The molecule has 1 saturated heterocycles. The van der Waals surface area contributed by atoms with Crippen LogP contribution in [0.2, 0.25) is 0 Å². The predicted molar refractivity (Wildman–Crippen MR) is 105 cm³/mol. The van der Waals surface area contributed by atoms with Gasteiger partial charge in [-0.1, -0.05) is 0 Å². The number of nitrogens with zero attached hydrogens (tertiary/aromatic N) is 5. The number of amides is 1. The van der Waals surface area contributed by atoms with Gasteiger partial charge >= 0.3 is 0 Å². The highest BCUT2D eigenvalue weighted by Crippen LogP contribution is 2.36. The number of aliphatic hydroxyl groups is 1. The van der Waals surface area contributed by atoms with E-state index < -0.39 is 18.0 Å². The van der Waals surface area contributed by atoms with Crippen LogP contribution in [0, 0.1) is 5.82 Å². The highest BCUT2D eigenvalue weighted by Gasteiger charge is 2.34. The zero-order valence-corrected chi connectivity index (χ0v) is 15.7. The molecular formula is C19H18FN7O3. The summed E-state index contributed by atoms with van der Waals surface area (Å²) in [6.07, 6.45) is 1.54. The second kappa shape index (κ2) is 7.35. The second-order valence-corrected chi connectivity index (χ2v) is 7.01. The lowest BCUT2D eigenvalue weighted by molar-refractivity contribution is -0.115. The summed E-state index contributed by atoms with van der Waals surface area (Å²) >= 11 is 0. The van der Waals surface area contributed by atoms with Gasteiger partial charge in [-0.05, 0) is 24.3 Å². The van der Waals surface area contributed by atoms with E-state index >= 15 is 0 Å². The summed E-state index contributed by atoms with van der Waals surface area (Å²) in [7, 11) is 0. The van der Waals surface area contributed by atoms with Crippen LogP contribution in [-0.4, -0.2) is 56.6 Å². The second-order valence-electron chi connectivity index (χ2n) is 7.01. The molecule has 3 N–H and O–H groups in total. The lowest BCUT2D eigenvalue weighted by Gasteiger charge is -2.34. The topological polar surface area (TPSA) is 117 Å². The summed E-state index contributed by atoms with van der Waals surface area (Å²) in [5, 5.41) is 21.3. The molecule has 1 fully saturated rings. The number of carbonyl (C=O) groups excluding carboxylic acids is 1. The van der Waals surface area contributed by atoms with Gasteiger partial charge in [0.15, 0.2) is 17.9 Å². The monoisotopic (exact) mass is 411 g/mol. The van der Waals surface area contributed by atoms with Gasteiger partial charge in [0.05, 0.1) is 25.5 Å². The van der Waals surface area contributed by atoms with Crippen LogP contribution in [0.25, 0.3) is 5.82 Å². The Morgan fingerprint density at radius 2 is 2.13 bits per heavy atom. The summed E-state index contributed by atoms with van der Waals surface area (Å²) in [5.41, 5.74) is 0.527. The van der Waals surface area contributed by atoms with Crippen LogP contribution < -0.4 is 15.5 Å². The third kappa shape index (κ3) is 3.33. The molecule has 0 spiro atoms. The molecule has 2 aliphatic rings. The molecule has 154 valence electrons. The summed E-state index contributed by atoms with van der Waals surface area (Å²) in [4.78, 5) is 22.3. The van der Waals surface area contributed by atoms with Crippen molar-refractivity contribution < 1.29 is 19.0 Å². The minimum absolute atomic E-state index is 0.163. The van der Waals surface area contributed by atoms with Crippen molar-refractivity contribution in [3.63, 3.8) is 0 Å². The Balaban J connectivity index is 1.43. The molecule has 1 atom stereocenters. The van der Waals surface area contributed by atoms with Crippen LogP contribution in [0.15, 0.2) is 42.7 Å². The first kappa shape index (κ1) is 18.5. The maximum atomic E-state index is 13.0. The van der Waals surface area contributed by atoms with Crippen molar-refractivity contribution in [2.75, 3.05) is 35.3 Å². The van der Waals surface area contributed by atoms with Crippen molar-refractivity contribution in [3.8, 4) is 5.82 Å². The number of hydrogen-bond acceptors (Lipinski definition) is 8. The number of aliphatic hydroxyl groups excluding tert-OH is 1. The smallest absolute Gasteiger partial charge is 0.245 e. The zero-order chi connectivity index (χ0) is 20.7. The molecule has 5 rings (SSSR count). The largest absolute Gasteiger partial charge is 0.377 e. The molecule has 1 amide bonds. The molecule has 3 aromatic rings. The fourth-order valence-electron chi connectivity index (χ4n) is 3.37. The lowest BCUT2D eigenvalue weighted by Crippen LogP contribution is -2.40. The molecule has 5 heterocycles. The maximum Gasteiger partial charge on any atom is 0.245 e. The SMILES string of the molecule is O=C(CN1c2cc(NC3COC3)nn2-c2ncccc2C1O)Nc1ccc(F)cn1. The van der Waals surface area contributed by atoms with Gasteiger partial charge in [-0.3, -0.25) is 4.79 Å². The third-order valence-corrected chi connectivity index (χ3v) is 4.87. The van der Waals surface area contributed by atoms with E-state index in [1.165, 1.54) is 17.0 Å². The van der Waals surface area contributed by atoms with Crippen LogP contribution in [0.4, 0.5) is 21.8 Å². The van der Waals surface area contributed by atoms with E-state index in [9.17, 15) is 14.3 Å². The standard InChI is InChI=1S/C19H18FN7O3/c20-11-3-4-14(22-7-11)24-16(28)8-26-17-6-15(23-12-9-30-10-12)25-27(17)18-13(19(26)29)2-1-5-21-18/h1-7,12,19,29H,8-10H2,(H,23,25)(H,22,24,28). The molecule has 1 unspecified atom stereocenters. The quantitative estimate of drug-likeness (QED) is 0.571. The number of ether oxygens (including phenoxy) is 1. The number of nitrogens with one attached hydrogen (secondary N) is 2. The van der Waals surface area contributed by atoms with E-state index in [2.05, 4.69) is 25.7 Å². The van der Waals surface area contributed by atoms with E-state index in [0.717, 1.165) is 6.20 Å². The van der Waals surface area contributed by atoms with Crippen molar-refractivity contribution in [3.05, 3.63) is 54.1 Å². The minimum Gasteiger partial charge on any atom is -0.377 e. The van der Waals surface area contributed by atoms with Crippen LogP contribution >= 0.6 is 0 Å². The van der Waals surface area contributed by atoms with Crippen LogP contribution in [0.3, 0.4) is 0 Å². The van der Waals surface area contributed by atoms with Gasteiger partial charge in [-0.15, -0.1) is 5.10 Å². The third-order valence-electron chi connectivity index (χ3n) is 4.87. The Morgan fingerprint density at radius 1 is 1.27 bits per heavy atom. The number of halogens is 1. The zero-order valence-electron chi connectivity index (χ0n) is 15.7.